The standard InChI is InChI=1S/C14H14ClFN2O/c1-3-9-8(2)17-13(18-14(9)19)7-10-11(15)5-4-6-12(10)16/h4-6H,3,7H2,1-2H3,(H,17,18,19). The van der Waals surface area contributed by atoms with Gasteiger partial charge in [-0.1, -0.05) is 24.6 Å². The molecular weight excluding hydrogens is 267 g/mol. The van der Waals surface area contributed by atoms with E-state index in [1.807, 2.05) is 6.92 Å². The maximum Gasteiger partial charge on any atom is 0.254 e. The summed E-state index contributed by atoms with van der Waals surface area (Å²) >= 11 is 5.96. The summed E-state index contributed by atoms with van der Waals surface area (Å²) < 4.78 is 13.7. The van der Waals surface area contributed by atoms with Crippen LogP contribution in [0.2, 0.25) is 5.02 Å². The fraction of sp³-hybridized carbons (Fsp3) is 0.286. The molecule has 0 radical (unpaired) electrons. The zero-order chi connectivity index (χ0) is 14.0. The van der Waals surface area contributed by atoms with Crippen LogP contribution in [-0.2, 0) is 12.8 Å². The van der Waals surface area contributed by atoms with Crippen LogP contribution in [-0.4, -0.2) is 9.97 Å². The molecule has 0 spiro atoms. The quantitative estimate of drug-likeness (QED) is 0.939. The van der Waals surface area contributed by atoms with Gasteiger partial charge < -0.3 is 4.98 Å². The molecule has 100 valence electrons. The summed E-state index contributed by atoms with van der Waals surface area (Å²) in [4.78, 5) is 18.8. The van der Waals surface area contributed by atoms with Crippen molar-refractivity contribution in [2.75, 3.05) is 0 Å². The van der Waals surface area contributed by atoms with Crippen LogP contribution in [0.4, 0.5) is 4.39 Å². The predicted molar refractivity (Wildman–Crippen MR) is 73.2 cm³/mol. The number of aromatic amines is 1. The second-order valence-electron chi connectivity index (χ2n) is 4.31. The Morgan fingerprint density at radius 1 is 1.37 bits per heavy atom. The summed E-state index contributed by atoms with van der Waals surface area (Å²) in [7, 11) is 0. The van der Waals surface area contributed by atoms with Crippen molar-refractivity contribution in [3.05, 3.63) is 62.0 Å². The first-order valence-corrected chi connectivity index (χ1v) is 6.42. The van der Waals surface area contributed by atoms with Gasteiger partial charge in [0.1, 0.15) is 11.6 Å². The number of aromatic nitrogens is 2. The number of benzene rings is 1. The minimum atomic E-state index is -0.396. The van der Waals surface area contributed by atoms with Gasteiger partial charge in [-0.15, -0.1) is 0 Å². The van der Waals surface area contributed by atoms with E-state index < -0.39 is 5.82 Å². The van der Waals surface area contributed by atoms with E-state index in [-0.39, 0.29) is 12.0 Å². The van der Waals surface area contributed by atoms with Crippen molar-refractivity contribution in [2.45, 2.75) is 26.7 Å². The third-order valence-corrected chi connectivity index (χ3v) is 3.38. The Bertz CT molecular complexity index is 647. The Morgan fingerprint density at radius 2 is 2.11 bits per heavy atom. The van der Waals surface area contributed by atoms with Gasteiger partial charge in [0.05, 0.1) is 0 Å². The lowest BCUT2D eigenvalue weighted by Gasteiger charge is -2.08. The van der Waals surface area contributed by atoms with Crippen molar-refractivity contribution < 1.29 is 4.39 Å². The van der Waals surface area contributed by atoms with E-state index >= 15 is 0 Å². The van der Waals surface area contributed by atoms with Gasteiger partial charge in [0.2, 0.25) is 0 Å². The highest BCUT2D eigenvalue weighted by molar-refractivity contribution is 6.31. The lowest BCUT2D eigenvalue weighted by atomic mass is 10.1. The first-order valence-electron chi connectivity index (χ1n) is 6.04. The fourth-order valence-electron chi connectivity index (χ4n) is 2.04. The maximum absolute atomic E-state index is 13.7. The van der Waals surface area contributed by atoms with Gasteiger partial charge in [-0.3, -0.25) is 4.79 Å². The van der Waals surface area contributed by atoms with Gasteiger partial charge in [-0.25, -0.2) is 9.37 Å². The number of halogens is 2. The molecule has 0 aliphatic carbocycles. The third kappa shape index (κ3) is 2.84. The highest BCUT2D eigenvalue weighted by Gasteiger charge is 2.11. The molecule has 0 atom stereocenters. The van der Waals surface area contributed by atoms with Crippen LogP contribution < -0.4 is 5.56 Å². The Hall–Kier alpha value is -1.68. The molecule has 1 heterocycles. The summed E-state index contributed by atoms with van der Waals surface area (Å²) in [6.07, 6.45) is 0.792. The van der Waals surface area contributed by atoms with Crippen LogP contribution in [0.5, 0.6) is 0 Å². The lowest BCUT2D eigenvalue weighted by Crippen LogP contribution is -2.18. The van der Waals surface area contributed by atoms with E-state index in [1.165, 1.54) is 6.07 Å². The van der Waals surface area contributed by atoms with Gasteiger partial charge in [-0.05, 0) is 25.5 Å². The number of nitrogens with zero attached hydrogens (tertiary/aromatic N) is 1. The molecule has 19 heavy (non-hydrogen) atoms. The molecule has 2 aromatic rings. The number of hydrogen-bond donors (Lipinski definition) is 1. The molecule has 0 fully saturated rings. The predicted octanol–water partition coefficient (Wildman–Crippen LogP) is 3.02. The molecule has 3 nitrogen and oxygen atoms in total. The van der Waals surface area contributed by atoms with Crippen LogP contribution in [0.15, 0.2) is 23.0 Å². The molecule has 1 aromatic carbocycles. The Morgan fingerprint density at radius 3 is 2.68 bits per heavy atom. The van der Waals surface area contributed by atoms with Crippen molar-refractivity contribution >= 4 is 11.6 Å². The van der Waals surface area contributed by atoms with Crippen molar-refractivity contribution in [1.82, 2.24) is 9.97 Å². The Labute approximate surface area is 115 Å². The van der Waals surface area contributed by atoms with Gasteiger partial charge >= 0.3 is 0 Å². The zero-order valence-electron chi connectivity index (χ0n) is 10.8. The van der Waals surface area contributed by atoms with Crippen molar-refractivity contribution in [2.24, 2.45) is 0 Å². The average Bonchev–Trinajstić information content (AvgIpc) is 2.34. The summed E-state index contributed by atoms with van der Waals surface area (Å²) in [5.74, 6) is 0.0269. The molecule has 0 saturated carbocycles. The number of hydrogen-bond acceptors (Lipinski definition) is 2. The molecule has 0 unspecified atom stereocenters. The summed E-state index contributed by atoms with van der Waals surface area (Å²) in [5.41, 5.74) is 1.51. The van der Waals surface area contributed by atoms with Crippen LogP contribution in [0.1, 0.15) is 29.6 Å². The lowest BCUT2D eigenvalue weighted by molar-refractivity contribution is 0.611. The number of rotatable bonds is 3. The normalized spacial score (nSPS) is 10.7. The number of aryl methyl sites for hydroxylation is 1. The average molecular weight is 281 g/mol. The molecular formula is C14H14ClFN2O. The SMILES string of the molecule is CCc1c(C)nc(Cc2c(F)cccc2Cl)[nH]c1=O. The summed E-state index contributed by atoms with van der Waals surface area (Å²) in [6.45, 7) is 3.67. The minimum absolute atomic E-state index is 0.169. The summed E-state index contributed by atoms with van der Waals surface area (Å²) in [5, 5.41) is 0.333. The smallest absolute Gasteiger partial charge is 0.254 e. The summed E-state index contributed by atoms with van der Waals surface area (Å²) in [6, 6.07) is 4.50. The molecule has 1 aromatic heterocycles. The van der Waals surface area contributed by atoms with E-state index in [0.717, 1.165) is 0 Å². The molecule has 0 saturated heterocycles. The third-order valence-electron chi connectivity index (χ3n) is 3.03. The zero-order valence-corrected chi connectivity index (χ0v) is 11.5. The topological polar surface area (TPSA) is 45.8 Å². The van der Waals surface area contributed by atoms with Crippen LogP contribution in [0.3, 0.4) is 0 Å². The first kappa shape index (κ1) is 13.7. The van der Waals surface area contributed by atoms with Crippen LogP contribution >= 0.6 is 11.6 Å². The van der Waals surface area contributed by atoms with Crippen LogP contribution in [0, 0.1) is 12.7 Å². The molecule has 0 aliphatic heterocycles. The second kappa shape index (κ2) is 5.53. The Kier molecular flexibility index (Phi) is 4.00. The van der Waals surface area contributed by atoms with Gasteiger partial charge in [0.15, 0.2) is 0 Å². The molecule has 2 rings (SSSR count). The first-order chi connectivity index (χ1) is 9.02. The van der Waals surface area contributed by atoms with Crippen molar-refractivity contribution in [3.63, 3.8) is 0 Å². The maximum atomic E-state index is 13.7. The largest absolute Gasteiger partial charge is 0.310 e. The molecule has 0 bridgehead atoms. The van der Waals surface area contributed by atoms with Gasteiger partial charge in [0.25, 0.3) is 5.56 Å². The van der Waals surface area contributed by atoms with Crippen molar-refractivity contribution in [3.8, 4) is 0 Å². The molecule has 5 heteroatoms. The van der Waals surface area contributed by atoms with Gasteiger partial charge in [0, 0.05) is 28.3 Å². The molecule has 0 amide bonds. The second-order valence-corrected chi connectivity index (χ2v) is 4.71. The highest BCUT2D eigenvalue weighted by atomic mass is 35.5. The van der Waals surface area contributed by atoms with E-state index in [2.05, 4.69) is 9.97 Å². The van der Waals surface area contributed by atoms with E-state index in [0.29, 0.717) is 34.1 Å². The Balaban J connectivity index is 2.42. The molecule has 0 aliphatic rings. The highest BCUT2D eigenvalue weighted by Crippen LogP contribution is 2.21. The van der Waals surface area contributed by atoms with Crippen LogP contribution in [0.25, 0.3) is 0 Å². The molecule has 1 N–H and O–H groups in total. The number of H-pyrrole nitrogens is 1. The van der Waals surface area contributed by atoms with E-state index in [1.54, 1.807) is 19.1 Å². The van der Waals surface area contributed by atoms with Crippen molar-refractivity contribution in [1.29, 1.82) is 0 Å². The van der Waals surface area contributed by atoms with E-state index in [9.17, 15) is 9.18 Å². The fourth-order valence-corrected chi connectivity index (χ4v) is 2.27. The van der Waals surface area contributed by atoms with Gasteiger partial charge in [-0.2, -0.15) is 0 Å². The monoisotopic (exact) mass is 280 g/mol. The number of nitrogens with one attached hydrogen (secondary N) is 1. The van der Waals surface area contributed by atoms with E-state index in [4.69, 9.17) is 11.6 Å². The minimum Gasteiger partial charge on any atom is -0.310 e.